The molecule has 2 N–H and O–H groups in total. The molecule has 7 nitrogen and oxygen atoms in total. The van der Waals surface area contributed by atoms with E-state index in [-0.39, 0.29) is 11.7 Å². The van der Waals surface area contributed by atoms with Crippen LogP contribution in [0, 0.1) is 6.92 Å². The van der Waals surface area contributed by atoms with Crippen LogP contribution in [0.4, 0.5) is 17.2 Å². The van der Waals surface area contributed by atoms with E-state index in [1.165, 1.54) is 0 Å². The average molecular weight is 479 g/mol. The van der Waals surface area contributed by atoms with Crippen molar-refractivity contribution >= 4 is 28.9 Å². The Morgan fingerprint density at radius 1 is 0.917 bits per heavy atom. The van der Waals surface area contributed by atoms with Crippen molar-refractivity contribution in [1.29, 1.82) is 0 Å². The van der Waals surface area contributed by atoms with Crippen LogP contribution in [0.5, 0.6) is 5.75 Å². The molecular formula is C29H26N4O3. The van der Waals surface area contributed by atoms with E-state index in [2.05, 4.69) is 20.6 Å². The number of aromatic nitrogens is 2. The highest BCUT2D eigenvalue weighted by atomic mass is 16.5. The van der Waals surface area contributed by atoms with E-state index >= 15 is 0 Å². The quantitative estimate of drug-likeness (QED) is 0.355. The van der Waals surface area contributed by atoms with Gasteiger partial charge in [0.2, 0.25) is 0 Å². The molecule has 4 aromatic rings. The van der Waals surface area contributed by atoms with Crippen LogP contribution in [-0.4, -0.2) is 27.3 Å². The van der Waals surface area contributed by atoms with Crippen LogP contribution in [0.15, 0.2) is 78.9 Å². The third-order valence-corrected chi connectivity index (χ3v) is 5.82. The lowest BCUT2D eigenvalue weighted by Crippen LogP contribution is -2.35. The van der Waals surface area contributed by atoms with Gasteiger partial charge in [0.15, 0.2) is 5.78 Å². The van der Waals surface area contributed by atoms with Gasteiger partial charge in [-0.05, 0) is 57.2 Å². The van der Waals surface area contributed by atoms with Crippen LogP contribution >= 0.6 is 0 Å². The van der Waals surface area contributed by atoms with Crippen molar-refractivity contribution in [2.75, 3.05) is 10.6 Å². The summed E-state index contributed by atoms with van der Waals surface area (Å²) in [6.07, 6.45) is 0.291. The molecule has 1 aliphatic heterocycles. The topological polar surface area (TPSA) is 93.2 Å². The van der Waals surface area contributed by atoms with Gasteiger partial charge in [0.25, 0.3) is 5.91 Å². The molecule has 36 heavy (non-hydrogen) atoms. The van der Waals surface area contributed by atoms with Gasteiger partial charge in [-0.2, -0.15) is 0 Å². The van der Waals surface area contributed by atoms with Gasteiger partial charge >= 0.3 is 0 Å². The van der Waals surface area contributed by atoms with Crippen molar-refractivity contribution < 1.29 is 14.3 Å². The fourth-order valence-corrected chi connectivity index (χ4v) is 4.21. The van der Waals surface area contributed by atoms with Crippen molar-refractivity contribution in [2.45, 2.75) is 32.8 Å². The average Bonchev–Trinajstić information content (AvgIpc) is 2.84. The number of hydrogen-bond donors (Lipinski definition) is 2. The molecule has 1 aromatic heterocycles. The van der Waals surface area contributed by atoms with Crippen LogP contribution in [0.25, 0.3) is 11.3 Å². The predicted octanol–water partition coefficient (Wildman–Crippen LogP) is 6.19. The molecule has 7 heteroatoms. The predicted molar refractivity (Wildman–Crippen MR) is 140 cm³/mol. The van der Waals surface area contributed by atoms with E-state index in [1.54, 1.807) is 36.4 Å². The number of aryl methyl sites for hydroxylation is 1. The normalized spacial score (nSPS) is 13.9. The first kappa shape index (κ1) is 23.2. The molecule has 1 amide bonds. The molecule has 2 heterocycles. The number of anilines is 3. The maximum Gasteiger partial charge on any atom is 0.255 e. The summed E-state index contributed by atoms with van der Waals surface area (Å²) in [5.41, 5.74) is 3.48. The fraction of sp³-hybridized carbons (Fsp3) is 0.172. The highest BCUT2D eigenvalue weighted by Crippen LogP contribution is 2.34. The molecule has 5 rings (SSSR count). The number of ketones is 1. The van der Waals surface area contributed by atoms with Gasteiger partial charge in [-0.15, -0.1) is 0 Å². The molecule has 0 bridgehead atoms. The Morgan fingerprint density at radius 3 is 2.53 bits per heavy atom. The standard InChI is InChI=1S/C29H26N4O3/c1-18-30-24(19-8-5-4-6-9-19)16-27(31-18)32-21-11-7-10-20(14-21)28(35)33-22-12-13-26-23(15-22)25(34)17-29(2,3)36-26/h4-16H,17H2,1-3H3,(H,33,35)(H,30,31,32). The molecule has 1 aliphatic rings. The number of rotatable bonds is 5. The van der Waals surface area contributed by atoms with Gasteiger partial charge < -0.3 is 15.4 Å². The van der Waals surface area contributed by atoms with Gasteiger partial charge in [-0.3, -0.25) is 9.59 Å². The zero-order valence-corrected chi connectivity index (χ0v) is 20.3. The summed E-state index contributed by atoms with van der Waals surface area (Å²) in [6, 6.07) is 24.1. The first-order valence-corrected chi connectivity index (χ1v) is 11.7. The molecule has 0 aliphatic carbocycles. The lowest BCUT2D eigenvalue weighted by molar-refractivity contribution is 0.0620. The minimum absolute atomic E-state index is 0.00133. The third-order valence-electron chi connectivity index (χ3n) is 5.82. The Balaban J connectivity index is 1.33. The lowest BCUT2D eigenvalue weighted by atomic mass is 9.93. The molecule has 0 saturated carbocycles. The van der Waals surface area contributed by atoms with Gasteiger partial charge in [0.05, 0.1) is 17.7 Å². The summed E-state index contributed by atoms with van der Waals surface area (Å²) in [6.45, 7) is 5.61. The van der Waals surface area contributed by atoms with E-state index in [1.807, 2.05) is 63.2 Å². The van der Waals surface area contributed by atoms with Crippen molar-refractivity contribution in [3.63, 3.8) is 0 Å². The van der Waals surface area contributed by atoms with Crippen LogP contribution in [-0.2, 0) is 0 Å². The maximum absolute atomic E-state index is 13.0. The highest BCUT2D eigenvalue weighted by Gasteiger charge is 2.32. The van der Waals surface area contributed by atoms with E-state index in [4.69, 9.17) is 4.74 Å². The molecule has 0 radical (unpaired) electrons. The number of ether oxygens (including phenoxy) is 1. The molecular weight excluding hydrogens is 452 g/mol. The van der Waals surface area contributed by atoms with Crippen molar-refractivity contribution in [2.24, 2.45) is 0 Å². The molecule has 180 valence electrons. The van der Waals surface area contributed by atoms with Crippen molar-refractivity contribution in [3.05, 3.63) is 95.8 Å². The minimum Gasteiger partial charge on any atom is -0.487 e. The second-order valence-electron chi connectivity index (χ2n) is 9.38. The van der Waals surface area contributed by atoms with Crippen LogP contribution in [0.2, 0.25) is 0 Å². The second-order valence-corrected chi connectivity index (χ2v) is 9.38. The zero-order valence-electron chi connectivity index (χ0n) is 20.3. The zero-order chi connectivity index (χ0) is 25.3. The minimum atomic E-state index is -0.535. The van der Waals surface area contributed by atoms with Gasteiger partial charge in [-0.25, -0.2) is 9.97 Å². The van der Waals surface area contributed by atoms with Crippen LogP contribution < -0.4 is 15.4 Å². The number of benzene rings is 3. The largest absolute Gasteiger partial charge is 0.487 e. The van der Waals surface area contributed by atoms with Gasteiger partial charge in [0, 0.05) is 28.6 Å². The molecule has 0 atom stereocenters. The summed E-state index contributed by atoms with van der Waals surface area (Å²) < 4.78 is 5.90. The SMILES string of the molecule is Cc1nc(Nc2cccc(C(=O)Nc3ccc4c(c3)C(=O)CC(C)(C)O4)c2)cc(-c2ccccc2)n1. The molecule has 0 fully saturated rings. The van der Waals surface area contributed by atoms with Gasteiger partial charge in [0.1, 0.15) is 23.0 Å². The Hall–Kier alpha value is -4.52. The highest BCUT2D eigenvalue weighted by molar-refractivity contribution is 6.06. The van der Waals surface area contributed by atoms with Gasteiger partial charge in [-0.1, -0.05) is 36.4 Å². The van der Waals surface area contributed by atoms with Crippen molar-refractivity contribution in [3.8, 4) is 17.0 Å². The second kappa shape index (κ2) is 9.26. The smallest absolute Gasteiger partial charge is 0.255 e. The first-order valence-electron chi connectivity index (χ1n) is 11.7. The first-order chi connectivity index (χ1) is 17.3. The lowest BCUT2D eigenvalue weighted by Gasteiger charge is -2.31. The summed E-state index contributed by atoms with van der Waals surface area (Å²) in [5, 5.41) is 6.16. The number of nitrogens with one attached hydrogen (secondary N) is 2. The van der Waals surface area contributed by atoms with Crippen LogP contribution in [0.3, 0.4) is 0 Å². The molecule has 0 spiro atoms. The fourth-order valence-electron chi connectivity index (χ4n) is 4.21. The summed E-state index contributed by atoms with van der Waals surface area (Å²) in [5.74, 6) is 1.53. The molecule has 3 aromatic carbocycles. The Bertz CT molecular complexity index is 1460. The summed E-state index contributed by atoms with van der Waals surface area (Å²) >= 11 is 0. The summed E-state index contributed by atoms with van der Waals surface area (Å²) in [4.78, 5) is 34.6. The Morgan fingerprint density at radius 2 is 1.72 bits per heavy atom. The number of amides is 1. The van der Waals surface area contributed by atoms with E-state index in [0.29, 0.717) is 40.6 Å². The van der Waals surface area contributed by atoms with Crippen LogP contribution in [0.1, 0.15) is 46.8 Å². The third kappa shape index (κ3) is 5.10. The number of carbonyl (C=O) groups is 2. The molecule has 0 saturated heterocycles. The van der Waals surface area contributed by atoms with Crippen molar-refractivity contribution in [1.82, 2.24) is 9.97 Å². The monoisotopic (exact) mass is 478 g/mol. The maximum atomic E-state index is 13.0. The Kier molecular flexibility index (Phi) is 5.98. The number of fused-ring (bicyclic) bond motifs is 1. The molecule has 0 unspecified atom stereocenters. The van der Waals surface area contributed by atoms with E-state index in [0.717, 1.165) is 16.9 Å². The number of nitrogens with zero attached hydrogens (tertiary/aromatic N) is 2. The number of hydrogen-bond acceptors (Lipinski definition) is 6. The Labute approximate surface area is 209 Å². The van der Waals surface area contributed by atoms with E-state index < -0.39 is 5.60 Å². The number of carbonyl (C=O) groups excluding carboxylic acids is 2. The summed E-state index contributed by atoms with van der Waals surface area (Å²) in [7, 11) is 0. The van der Waals surface area contributed by atoms with E-state index in [9.17, 15) is 9.59 Å². The number of Topliss-reactive ketones (excluding diaryl/α,β-unsaturated/α-hetero) is 1.